The first-order chi connectivity index (χ1) is 7.61. The fraction of sp³-hybridized carbons (Fsp3) is 1.00. The van der Waals surface area contributed by atoms with Crippen molar-refractivity contribution < 1.29 is 0 Å². The molecule has 2 nitrogen and oxygen atoms in total. The summed E-state index contributed by atoms with van der Waals surface area (Å²) in [5.74, 6) is 0. The molecule has 2 aliphatic rings. The number of nitrogens with zero attached hydrogens (tertiary/aromatic N) is 1. The first kappa shape index (κ1) is 12.4. The van der Waals surface area contributed by atoms with Gasteiger partial charge in [0.1, 0.15) is 0 Å². The van der Waals surface area contributed by atoms with Crippen LogP contribution >= 0.6 is 0 Å². The van der Waals surface area contributed by atoms with Crippen LogP contribution in [-0.4, -0.2) is 37.1 Å². The fourth-order valence-corrected chi connectivity index (χ4v) is 3.52. The molecule has 1 saturated heterocycles. The third-order valence-electron chi connectivity index (χ3n) is 4.63. The lowest BCUT2D eigenvalue weighted by atomic mass is 9.74. The summed E-state index contributed by atoms with van der Waals surface area (Å²) in [6.07, 6.45) is 8.39. The Hall–Kier alpha value is -0.0800. The second-order valence-electron chi connectivity index (χ2n) is 6.51. The number of nitrogens with one attached hydrogen (secondary N) is 1. The zero-order valence-corrected chi connectivity index (χ0v) is 11.3. The lowest BCUT2D eigenvalue weighted by Crippen LogP contribution is -2.48. The van der Waals surface area contributed by atoms with Gasteiger partial charge < -0.3 is 10.2 Å². The van der Waals surface area contributed by atoms with E-state index in [-0.39, 0.29) is 0 Å². The zero-order valence-electron chi connectivity index (χ0n) is 11.3. The van der Waals surface area contributed by atoms with E-state index in [1.165, 1.54) is 51.6 Å². The second kappa shape index (κ2) is 5.05. The summed E-state index contributed by atoms with van der Waals surface area (Å²) < 4.78 is 0. The minimum Gasteiger partial charge on any atom is -0.317 e. The Morgan fingerprint density at radius 3 is 2.38 bits per heavy atom. The van der Waals surface area contributed by atoms with Gasteiger partial charge in [-0.25, -0.2) is 0 Å². The normalized spacial score (nSPS) is 32.8. The van der Waals surface area contributed by atoms with Crippen LogP contribution < -0.4 is 5.32 Å². The Morgan fingerprint density at radius 1 is 1.12 bits per heavy atom. The highest BCUT2D eigenvalue weighted by Crippen LogP contribution is 2.37. The van der Waals surface area contributed by atoms with Crippen LogP contribution in [-0.2, 0) is 0 Å². The minimum atomic E-state index is 0.586. The summed E-state index contributed by atoms with van der Waals surface area (Å²) in [7, 11) is 2.10. The summed E-state index contributed by atoms with van der Waals surface area (Å²) in [6.45, 7) is 7.51. The van der Waals surface area contributed by atoms with Crippen LogP contribution in [0.15, 0.2) is 0 Å². The predicted molar refractivity (Wildman–Crippen MR) is 69.7 cm³/mol. The van der Waals surface area contributed by atoms with Crippen molar-refractivity contribution in [2.75, 3.05) is 20.1 Å². The van der Waals surface area contributed by atoms with E-state index in [1.807, 2.05) is 0 Å². The zero-order chi connectivity index (χ0) is 11.6. The third-order valence-corrected chi connectivity index (χ3v) is 4.63. The molecule has 0 bridgehead atoms. The van der Waals surface area contributed by atoms with Crippen molar-refractivity contribution in [3.8, 4) is 0 Å². The second-order valence-corrected chi connectivity index (χ2v) is 6.51. The van der Waals surface area contributed by atoms with Crippen LogP contribution in [0.2, 0.25) is 0 Å². The topological polar surface area (TPSA) is 15.3 Å². The molecule has 1 saturated carbocycles. The van der Waals surface area contributed by atoms with Crippen LogP contribution in [0.4, 0.5) is 0 Å². The van der Waals surface area contributed by atoms with Crippen LogP contribution in [0.25, 0.3) is 0 Å². The van der Waals surface area contributed by atoms with Crippen molar-refractivity contribution in [2.24, 2.45) is 5.41 Å². The van der Waals surface area contributed by atoms with Gasteiger partial charge in [-0.05, 0) is 57.7 Å². The maximum absolute atomic E-state index is 3.42. The van der Waals surface area contributed by atoms with E-state index < -0.39 is 0 Å². The number of likely N-dealkylation sites (tertiary alicyclic amines) is 1. The Bertz CT molecular complexity index is 217. The summed E-state index contributed by atoms with van der Waals surface area (Å²) in [5.41, 5.74) is 0.586. The highest BCUT2D eigenvalue weighted by Gasteiger charge is 2.32. The minimum absolute atomic E-state index is 0.586. The predicted octanol–water partition coefficient (Wildman–Crippen LogP) is 2.64. The quantitative estimate of drug-likeness (QED) is 0.776. The number of hydrogen-bond acceptors (Lipinski definition) is 2. The molecule has 94 valence electrons. The summed E-state index contributed by atoms with van der Waals surface area (Å²) in [5, 5.41) is 3.42. The van der Waals surface area contributed by atoms with Crippen LogP contribution in [0.5, 0.6) is 0 Å². The third kappa shape index (κ3) is 2.98. The first-order valence-corrected chi connectivity index (χ1v) is 7.02. The van der Waals surface area contributed by atoms with Gasteiger partial charge in [-0.2, -0.15) is 0 Å². The molecule has 1 N–H and O–H groups in total. The molecule has 2 rings (SSSR count). The van der Waals surface area contributed by atoms with E-state index in [0.29, 0.717) is 5.41 Å². The molecule has 2 heteroatoms. The first-order valence-electron chi connectivity index (χ1n) is 7.02. The van der Waals surface area contributed by atoms with E-state index in [0.717, 1.165) is 12.1 Å². The molecule has 0 amide bonds. The Balaban J connectivity index is 1.84. The Kier molecular flexibility index (Phi) is 3.91. The van der Waals surface area contributed by atoms with Gasteiger partial charge in [0.15, 0.2) is 0 Å². The number of rotatable bonds is 2. The van der Waals surface area contributed by atoms with Crippen LogP contribution in [0.1, 0.15) is 52.4 Å². The van der Waals surface area contributed by atoms with Crippen molar-refractivity contribution >= 4 is 0 Å². The number of hydrogen-bond donors (Lipinski definition) is 1. The average molecular weight is 224 g/mol. The molecule has 2 fully saturated rings. The van der Waals surface area contributed by atoms with Gasteiger partial charge in [-0.1, -0.05) is 20.3 Å². The van der Waals surface area contributed by atoms with Gasteiger partial charge in [-0.15, -0.1) is 0 Å². The van der Waals surface area contributed by atoms with Gasteiger partial charge in [0.25, 0.3) is 0 Å². The maximum atomic E-state index is 3.42. The van der Waals surface area contributed by atoms with Crippen molar-refractivity contribution in [2.45, 2.75) is 64.5 Å². The number of piperidine rings is 1. The van der Waals surface area contributed by atoms with Crippen molar-refractivity contribution in [3.05, 3.63) is 0 Å². The molecule has 1 aliphatic carbocycles. The van der Waals surface area contributed by atoms with E-state index in [4.69, 9.17) is 0 Å². The highest BCUT2D eigenvalue weighted by atomic mass is 15.2. The van der Waals surface area contributed by atoms with Crippen molar-refractivity contribution in [3.63, 3.8) is 0 Å². The van der Waals surface area contributed by atoms with Crippen molar-refractivity contribution in [1.82, 2.24) is 10.2 Å². The van der Waals surface area contributed by atoms with E-state index in [9.17, 15) is 0 Å². The molecule has 0 aromatic carbocycles. The summed E-state index contributed by atoms with van der Waals surface area (Å²) in [6, 6.07) is 1.65. The van der Waals surface area contributed by atoms with E-state index in [2.05, 4.69) is 31.1 Å². The van der Waals surface area contributed by atoms with Crippen LogP contribution in [0.3, 0.4) is 0 Å². The molecule has 0 aromatic heterocycles. The summed E-state index contributed by atoms with van der Waals surface area (Å²) in [4.78, 5) is 2.76. The Labute approximate surface area is 101 Å². The van der Waals surface area contributed by atoms with Gasteiger partial charge >= 0.3 is 0 Å². The lowest BCUT2D eigenvalue weighted by molar-refractivity contribution is 0.0720. The molecule has 0 aromatic rings. The smallest absolute Gasteiger partial charge is 0.0100 e. The van der Waals surface area contributed by atoms with Gasteiger partial charge in [-0.3, -0.25) is 0 Å². The van der Waals surface area contributed by atoms with Crippen molar-refractivity contribution in [1.29, 1.82) is 0 Å². The maximum Gasteiger partial charge on any atom is 0.0100 e. The largest absolute Gasteiger partial charge is 0.317 e. The molecule has 1 atom stereocenters. The average Bonchev–Trinajstić information content (AvgIpc) is 2.28. The molecule has 0 radical (unpaired) electrons. The highest BCUT2D eigenvalue weighted by molar-refractivity contribution is 4.88. The molecular formula is C14H28N2. The van der Waals surface area contributed by atoms with Gasteiger partial charge in [0, 0.05) is 12.1 Å². The van der Waals surface area contributed by atoms with Gasteiger partial charge in [0.05, 0.1) is 0 Å². The molecule has 1 aliphatic heterocycles. The molecular weight excluding hydrogens is 196 g/mol. The summed E-state index contributed by atoms with van der Waals surface area (Å²) >= 11 is 0. The monoisotopic (exact) mass is 224 g/mol. The lowest BCUT2D eigenvalue weighted by Gasteiger charge is -2.44. The molecule has 1 heterocycles. The molecule has 0 spiro atoms. The van der Waals surface area contributed by atoms with Crippen LogP contribution in [0, 0.1) is 5.41 Å². The Morgan fingerprint density at radius 2 is 1.81 bits per heavy atom. The molecule has 16 heavy (non-hydrogen) atoms. The van der Waals surface area contributed by atoms with Gasteiger partial charge in [0.2, 0.25) is 0 Å². The standard InChI is InChI=1S/C14H28N2/c1-14(2)8-4-5-13(11-14)16-9-6-12(15-3)7-10-16/h12-13,15H,4-11H2,1-3H3. The molecule has 1 unspecified atom stereocenters. The van der Waals surface area contributed by atoms with E-state index >= 15 is 0 Å². The van der Waals surface area contributed by atoms with E-state index in [1.54, 1.807) is 0 Å². The fourth-order valence-electron chi connectivity index (χ4n) is 3.52. The SMILES string of the molecule is CNC1CCN(C2CCCC(C)(C)C2)CC1.